The molecule has 2 amide bonds. The van der Waals surface area contributed by atoms with Gasteiger partial charge >= 0.3 is 0 Å². The molecule has 0 radical (unpaired) electrons. The Bertz CT molecular complexity index is 1310. The SMILES string of the molecule is O=C(COc1ccc(-c2ccccc2)cc1Br)Nc1cccc(C(=O)Nc2ccc(F)cc2)c1. The summed E-state index contributed by atoms with van der Waals surface area (Å²) in [5, 5.41) is 5.41. The van der Waals surface area contributed by atoms with E-state index in [0.717, 1.165) is 15.6 Å². The summed E-state index contributed by atoms with van der Waals surface area (Å²) >= 11 is 3.50. The molecule has 0 spiro atoms. The van der Waals surface area contributed by atoms with Crippen LogP contribution in [0.25, 0.3) is 11.1 Å². The Morgan fingerprint density at radius 3 is 2.26 bits per heavy atom. The van der Waals surface area contributed by atoms with Crippen molar-refractivity contribution in [2.75, 3.05) is 17.2 Å². The number of carbonyl (C=O) groups excluding carboxylic acids is 2. The zero-order valence-corrected chi connectivity index (χ0v) is 19.5. The Balaban J connectivity index is 1.34. The summed E-state index contributed by atoms with van der Waals surface area (Å²) in [5.74, 6) is -0.581. The lowest BCUT2D eigenvalue weighted by atomic mass is 10.1. The van der Waals surface area contributed by atoms with E-state index >= 15 is 0 Å². The lowest BCUT2D eigenvalue weighted by molar-refractivity contribution is -0.118. The normalized spacial score (nSPS) is 10.4. The highest BCUT2D eigenvalue weighted by molar-refractivity contribution is 9.10. The van der Waals surface area contributed by atoms with E-state index in [0.29, 0.717) is 22.7 Å². The Morgan fingerprint density at radius 1 is 0.765 bits per heavy atom. The van der Waals surface area contributed by atoms with Crippen molar-refractivity contribution < 1.29 is 18.7 Å². The molecule has 7 heteroatoms. The van der Waals surface area contributed by atoms with Gasteiger partial charge in [0.15, 0.2) is 6.61 Å². The van der Waals surface area contributed by atoms with Crippen LogP contribution in [-0.4, -0.2) is 18.4 Å². The standard InChI is InChI=1S/C27H20BrFN2O3/c28-24-16-19(18-5-2-1-3-6-18)9-14-25(24)34-17-26(32)30-23-8-4-7-20(15-23)27(33)31-22-12-10-21(29)11-13-22/h1-16H,17H2,(H,30,32)(H,31,33). The molecule has 170 valence electrons. The summed E-state index contributed by atoms with van der Waals surface area (Å²) in [5.41, 5.74) is 3.38. The average molecular weight is 519 g/mol. The molecule has 0 unspecified atom stereocenters. The van der Waals surface area contributed by atoms with E-state index in [1.165, 1.54) is 24.3 Å². The number of carbonyl (C=O) groups is 2. The smallest absolute Gasteiger partial charge is 0.262 e. The molecule has 0 aliphatic rings. The molecule has 4 rings (SSSR count). The number of anilines is 2. The van der Waals surface area contributed by atoms with Crippen LogP contribution in [0.4, 0.5) is 15.8 Å². The van der Waals surface area contributed by atoms with E-state index in [-0.39, 0.29) is 24.2 Å². The molecule has 0 aliphatic heterocycles. The first-order valence-corrected chi connectivity index (χ1v) is 11.2. The minimum absolute atomic E-state index is 0.199. The van der Waals surface area contributed by atoms with Crippen LogP contribution in [0.2, 0.25) is 0 Å². The van der Waals surface area contributed by atoms with Crippen molar-refractivity contribution >= 4 is 39.1 Å². The van der Waals surface area contributed by atoms with Crippen molar-refractivity contribution in [1.29, 1.82) is 0 Å². The van der Waals surface area contributed by atoms with Gasteiger partial charge in [0.25, 0.3) is 11.8 Å². The molecule has 0 aromatic heterocycles. The number of halogens is 2. The van der Waals surface area contributed by atoms with Crippen molar-refractivity contribution in [3.05, 3.63) is 113 Å². The van der Waals surface area contributed by atoms with Crippen molar-refractivity contribution in [2.45, 2.75) is 0 Å². The fraction of sp³-hybridized carbons (Fsp3) is 0.0370. The second-order valence-electron chi connectivity index (χ2n) is 7.39. The highest BCUT2D eigenvalue weighted by Gasteiger charge is 2.11. The molecule has 0 bridgehead atoms. The minimum atomic E-state index is -0.385. The van der Waals surface area contributed by atoms with Gasteiger partial charge in [-0.3, -0.25) is 9.59 Å². The zero-order valence-electron chi connectivity index (χ0n) is 17.9. The number of amides is 2. The molecule has 0 saturated heterocycles. The molecule has 0 aliphatic carbocycles. The van der Waals surface area contributed by atoms with Gasteiger partial charge in [0.1, 0.15) is 11.6 Å². The Kier molecular flexibility index (Phi) is 7.34. The van der Waals surface area contributed by atoms with Gasteiger partial charge in [-0.2, -0.15) is 0 Å². The van der Waals surface area contributed by atoms with Crippen LogP contribution in [-0.2, 0) is 4.79 Å². The molecule has 0 fully saturated rings. The third-order valence-corrected chi connectivity index (χ3v) is 5.53. The quantitative estimate of drug-likeness (QED) is 0.292. The maximum absolute atomic E-state index is 13.0. The van der Waals surface area contributed by atoms with E-state index < -0.39 is 0 Å². The second kappa shape index (κ2) is 10.8. The predicted octanol–water partition coefficient (Wildman–Crippen LogP) is 6.53. The summed E-state index contributed by atoms with van der Waals surface area (Å²) < 4.78 is 19.4. The molecule has 4 aromatic carbocycles. The Hall–Kier alpha value is -3.97. The highest BCUT2D eigenvalue weighted by atomic mass is 79.9. The molecular weight excluding hydrogens is 499 g/mol. The fourth-order valence-corrected chi connectivity index (χ4v) is 3.74. The van der Waals surface area contributed by atoms with Crippen LogP contribution >= 0.6 is 15.9 Å². The van der Waals surface area contributed by atoms with Gasteiger partial charge in [0.2, 0.25) is 0 Å². The number of ether oxygens (including phenoxy) is 1. The first kappa shape index (κ1) is 23.2. The van der Waals surface area contributed by atoms with E-state index in [2.05, 4.69) is 26.6 Å². The molecule has 0 saturated carbocycles. The summed E-state index contributed by atoms with van der Waals surface area (Å²) in [6.07, 6.45) is 0. The third-order valence-electron chi connectivity index (χ3n) is 4.91. The highest BCUT2D eigenvalue weighted by Crippen LogP contribution is 2.30. The van der Waals surface area contributed by atoms with E-state index in [1.54, 1.807) is 30.3 Å². The molecule has 4 aromatic rings. The summed E-state index contributed by atoms with van der Waals surface area (Å²) in [7, 11) is 0. The molecular formula is C27H20BrFN2O3. The van der Waals surface area contributed by atoms with Gasteiger partial charge in [-0.25, -0.2) is 4.39 Å². The van der Waals surface area contributed by atoms with Gasteiger partial charge in [-0.05, 0) is 81.7 Å². The van der Waals surface area contributed by atoms with E-state index in [9.17, 15) is 14.0 Å². The van der Waals surface area contributed by atoms with Crippen molar-refractivity contribution in [2.24, 2.45) is 0 Å². The Labute approximate surface area is 204 Å². The largest absolute Gasteiger partial charge is 0.483 e. The number of benzene rings is 4. The molecule has 2 N–H and O–H groups in total. The van der Waals surface area contributed by atoms with Crippen LogP contribution in [0.15, 0.2) is 102 Å². The van der Waals surface area contributed by atoms with Crippen molar-refractivity contribution in [3.8, 4) is 16.9 Å². The topological polar surface area (TPSA) is 67.4 Å². The van der Waals surface area contributed by atoms with Crippen molar-refractivity contribution in [1.82, 2.24) is 0 Å². The zero-order chi connectivity index (χ0) is 23.9. The van der Waals surface area contributed by atoms with Crippen LogP contribution in [0, 0.1) is 5.82 Å². The van der Waals surface area contributed by atoms with Gasteiger partial charge in [-0.15, -0.1) is 0 Å². The van der Waals surface area contributed by atoms with Gasteiger partial charge in [0, 0.05) is 16.9 Å². The number of rotatable bonds is 7. The molecule has 5 nitrogen and oxygen atoms in total. The lowest BCUT2D eigenvalue weighted by Crippen LogP contribution is -2.20. The number of nitrogens with one attached hydrogen (secondary N) is 2. The second-order valence-corrected chi connectivity index (χ2v) is 8.24. The number of hydrogen-bond donors (Lipinski definition) is 2. The van der Waals surface area contributed by atoms with Crippen LogP contribution in [0.1, 0.15) is 10.4 Å². The number of hydrogen-bond acceptors (Lipinski definition) is 3. The van der Waals surface area contributed by atoms with E-state index in [1.807, 2.05) is 42.5 Å². The molecule has 0 atom stereocenters. The fourth-order valence-electron chi connectivity index (χ4n) is 3.24. The van der Waals surface area contributed by atoms with Gasteiger partial charge in [0.05, 0.1) is 4.47 Å². The first-order chi connectivity index (χ1) is 16.5. The summed E-state index contributed by atoms with van der Waals surface area (Å²) in [4.78, 5) is 24.9. The summed E-state index contributed by atoms with van der Waals surface area (Å²) in [6, 6.07) is 27.6. The van der Waals surface area contributed by atoms with Crippen molar-refractivity contribution in [3.63, 3.8) is 0 Å². The first-order valence-electron chi connectivity index (χ1n) is 10.4. The minimum Gasteiger partial charge on any atom is -0.483 e. The molecule has 0 heterocycles. The van der Waals surface area contributed by atoms with Crippen LogP contribution < -0.4 is 15.4 Å². The van der Waals surface area contributed by atoms with Gasteiger partial charge < -0.3 is 15.4 Å². The molecule has 34 heavy (non-hydrogen) atoms. The summed E-state index contributed by atoms with van der Waals surface area (Å²) in [6.45, 7) is -0.199. The van der Waals surface area contributed by atoms with Gasteiger partial charge in [-0.1, -0.05) is 42.5 Å². The maximum atomic E-state index is 13.0. The predicted molar refractivity (Wildman–Crippen MR) is 134 cm³/mol. The van der Waals surface area contributed by atoms with Crippen LogP contribution in [0.5, 0.6) is 5.75 Å². The van der Waals surface area contributed by atoms with Crippen LogP contribution in [0.3, 0.4) is 0 Å². The monoisotopic (exact) mass is 518 g/mol. The third kappa shape index (κ3) is 6.08. The average Bonchev–Trinajstić information content (AvgIpc) is 2.85. The Morgan fingerprint density at radius 2 is 1.53 bits per heavy atom. The lowest BCUT2D eigenvalue weighted by Gasteiger charge is -2.11. The maximum Gasteiger partial charge on any atom is 0.262 e. The van der Waals surface area contributed by atoms with E-state index in [4.69, 9.17) is 4.74 Å².